The van der Waals surface area contributed by atoms with Crippen molar-refractivity contribution in [3.63, 3.8) is 0 Å². The van der Waals surface area contributed by atoms with Gasteiger partial charge in [-0.2, -0.15) is 0 Å². The van der Waals surface area contributed by atoms with Crippen LogP contribution in [0.5, 0.6) is 11.5 Å². The van der Waals surface area contributed by atoms with Gasteiger partial charge < -0.3 is 19.7 Å². The van der Waals surface area contributed by atoms with E-state index in [0.717, 1.165) is 25.9 Å². The zero-order valence-corrected chi connectivity index (χ0v) is 13.5. The van der Waals surface area contributed by atoms with E-state index in [4.69, 9.17) is 9.47 Å². The Morgan fingerprint density at radius 2 is 1.83 bits per heavy atom. The van der Waals surface area contributed by atoms with Crippen LogP contribution in [-0.4, -0.2) is 61.1 Å². The lowest BCUT2D eigenvalue weighted by molar-refractivity contribution is -0.134. The summed E-state index contributed by atoms with van der Waals surface area (Å²) in [5.41, 5.74) is 0.701. The average molecular weight is 331 g/mol. The lowest BCUT2D eigenvalue weighted by Crippen LogP contribution is -2.50. The van der Waals surface area contributed by atoms with Crippen molar-refractivity contribution >= 4 is 17.5 Å². The average Bonchev–Trinajstić information content (AvgIpc) is 3.33. The van der Waals surface area contributed by atoms with E-state index < -0.39 is 0 Å². The normalized spacial score (nSPS) is 20.1. The zero-order chi connectivity index (χ0) is 16.5. The molecule has 1 aliphatic carbocycles. The second kappa shape index (κ2) is 6.32. The molecule has 128 valence electrons. The third kappa shape index (κ3) is 3.31. The first-order valence-corrected chi connectivity index (χ1v) is 8.40. The van der Waals surface area contributed by atoms with E-state index in [1.807, 2.05) is 4.90 Å². The van der Waals surface area contributed by atoms with Crippen LogP contribution in [0.25, 0.3) is 0 Å². The number of piperazine rings is 1. The van der Waals surface area contributed by atoms with Crippen LogP contribution in [0.3, 0.4) is 0 Å². The lowest BCUT2D eigenvalue weighted by Gasteiger charge is -2.34. The summed E-state index contributed by atoms with van der Waals surface area (Å²) in [6, 6.07) is 5.37. The highest BCUT2D eigenvalue weighted by molar-refractivity contribution is 5.92. The molecule has 0 bridgehead atoms. The Labute approximate surface area is 140 Å². The number of carbonyl (C=O) groups excluding carboxylic acids is 2. The Morgan fingerprint density at radius 1 is 1.08 bits per heavy atom. The molecule has 1 saturated heterocycles. The molecular formula is C17H21N3O4. The predicted octanol–water partition coefficient (Wildman–Crippen LogP) is 0.908. The monoisotopic (exact) mass is 331 g/mol. The number of nitrogens with one attached hydrogen (secondary N) is 1. The van der Waals surface area contributed by atoms with Crippen LogP contribution in [0, 0.1) is 5.92 Å². The van der Waals surface area contributed by atoms with Gasteiger partial charge >= 0.3 is 0 Å². The van der Waals surface area contributed by atoms with Crippen LogP contribution < -0.4 is 14.8 Å². The van der Waals surface area contributed by atoms with E-state index in [1.54, 1.807) is 18.2 Å². The van der Waals surface area contributed by atoms with Crippen molar-refractivity contribution in [1.29, 1.82) is 0 Å². The molecule has 0 unspecified atom stereocenters. The molecule has 24 heavy (non-hydrogen) atoms. The van der Waals surface area contributed by atoms with Gasteiger partial charge in [-0.05, 0) is 25.0 Å². The van der Waals surface area contributed by atoms with Gasteiger partial charge in [0.05, 0.1) is 6.54 Å². The molecule has 2 heterocycles. The molecule has 2 aliphatic heterocycles. The number of ether oxygens (including phenoxy) is 2. The van der Waals surface area contributed by atoms with Crippen LogP contribution >= 0.6 is 0 Å². The molecular weight excluding hydrogens is 310 g/mol. The van der Waals surface area contributed by atoms with Gasteiger partial charge in [-0.25, -0.2) is 0 Å². The smallest absolute Gasteiger partial charge is 0.238 e. The molecule has 2 amide bonds. The summed E-state index contributed by atoms with van der Waals surface area (Å²) >= 11 is 0. The fraction of sp³-hybridized carbons (Fsp3) is 0.529. The van der Waals surface area contributed by atoms with Gasteiger partial charge in [0.2, 0.25) is 18.6 Å². The maximum absolute atomic E-state index is 12.2. The van der Waals surface area contributed by atoms with Gasteiger partial charge in [0.15, 0.2) is 11.5 Å². The Hall–Kier alpha value is -2.28. The summed E-state index contributed by atoms with van der Waals surface area (Å²) < 4.78 is 10.6. The van der Waals surface area contributed by atoms with E-state index in [-0.39, 0.29) is 18.6 Å². The van der Waals surface area contributed by atoms with Crippen molar-refractivity contribution < 1.29 is 19.1 Å². The van der Waals surface area contributed by atoms with Crippen molar-refractivity contribution in [2.45, 2.75) is 12.8 Å². The molecule has 4 rings (SSSR count). The predicted molar refractivity (Wildman–Crippen MR) is 86.9 cm³/mol. The number of anilines is 1. The summed E-state index contributed by atoms with van der Waals surface area (Å²) in [4.78, 5) is 28.3. The van der Waals surface area contributed by atoms with Gasteiger partial charge in [-0.3, -0.25) is 14.5 Å². The van der Waals surface area contributed by atoms with Crippen molar-refractivity contribution in [3.05, 3.63) is 18.2 Å². The number of amides is 2. The van der Waals surface area contributed by atoms with Crippen molar-refractivity contribution in [1.82, 2.24) is 9.80 Å². The number of carbonyl (C=O) groups is 2. The molecule has 1 saturated carbocycles. The summed E-state index contributed by atoms with van der Waals surface area (Å²) in [5.74, 6) is 1.85. The lowest BCUT2D eigenvalue weighted by atomic mass is 10.2. The van der Waals surface area contributed by atoms with Gasteiger partial charge in [0, 0.05) is 43.9 Å². The SMILES string of the molecule is O=C(CN1CCN(C(=O)C2CC2)CC1)Nc1ccc2c(c1)OCO2. The largest absolute Gasteiger partial charge is 0.454 e. The van der Waals surface area contributed by atoms with Crippen LogP contribution in [0.4, 0.5) is 5.69 Å². The molecule has 0 atom stereocenters. The first kappa shape index (κ1) is 15.3. The molecule has 0 aromatic heterocycles. The van der Waals surface area contributed by atoms with Gasteiger partial charge in [0.25, 0.3) is 0 Å². The topological polar surface area (TPSA) is 71.1 Å². The highest BCUT2D eigenvalue weighted by Crippen LogP contribution is 2.34. The Balaban J connectivity index is 1.25. The first-order valence-electron chi connectivity index (χ1n) is 8.40. The fourth-order valence-corrected chi connectivity index (χ4v) is 3.09. The van der Waals surface area contributed by atoms with E-state index in [1.165, 1.54) is 0 Å². The van der Waals surface area contributed by atoms with Gasteiger partial charge in [-0.15, -0.1) is 0 Å². The van der Waals surface area contributed by atoms with Crippen molar-refractivity contribution in [2.24, 2.45) is 5.92 Å². The quantitative estimate of drug-likeness (QED) is 0.888. The van der Waals surface area contributed by atoms with E-state index in [9.17, 15) is 9.59 Å². The van der Waals surface area contributed by atoms with E-state index in [2.05, 4.69) is 10.2 Å². The minimum Gasteiger partial charge on any atom is -0.454 e. The second-order valence-corrected chi connectivity index (χ2v) is 6.49. The molecule has 1 aromatic carbocycles. The Bertz CT molecular complexity index is 651. The van der Waals surface area contributed by atoms with Crippen LogP contribution in [-0.2, 0) is 9.59 Å². The highest BCUT2D eigenvalue weighted by atomic mass is 16.7. The van der Waals surface area contributed by atoms with E-state index >= 15 is 0 Å². The summed E-state index contributed by atoms with van der Waals surface area (Å²) in [7, 11) is 0. The summed E-state index contributed by atoms with van der Waals surface area (Å²) in [6.45, 7) is 3.47. The Kier molecular flexibility index (Phi) is 4.02. The van der Waals surface area contributed by atoms with E-state index in [0.29, 0.717) is 42.7 Å². The van der Waals surface area contributed by atoms with Crippen LogP contribution in [0.1, 0.15) is 12.8 Å². The number of rotatable bonds is 4. The molecule has 0 spiro atoms. The zero-order valence-electron chi connectivity index (χ0n) is 13.5. The highest BCUT2D eigenvalue weighted by Gasteiger charge is 2.34. The van der Waals surface area contributed by atoms with Gasteiger partial charge in [0.1, 0.15) is 0 Å². The molecule has 3 aliphatic rings. The second-order valence-electron chi connectivity index (χ2n) is 6.49. The maximum Gasteiger partial charge on any atom is 0.238 e. The number of hydrogen-bond donors (Lipinski definition) is 1. The fourth-order valence-electron chi connectivity index (χ4n) is 3.09. The number of hydrogen-bond acceptors (Lipinski definition) is 5. The molecule has 1 N–H and O–H groups in total. The van der Waals surface area contributed by atoms with Crippen LogP contribution in [0.2, 0.25) is 0 Å². The Morgan fingerprint density at radius 3 is 2.58 bits per heavy atom. The summed E-state index contributed by atoms with van der Waals surface area (Å²) in [5, 5.41) is 2.88. The molecule has 7 heteroatoms. The van der Waals surface area contributed by atoms with Crippen molar-refractivity contribution in [3.8, 4) is 11.5 Å². The minimum atomic E-state index is -0.0594. The molecule has 0 radical (unpaired) electrons. The molecule has 1 aromatic rings. The number of nitrogens with zero attached hydrogens (tertiary/aromatic N) is 2. The molecule has 7 nitrogen and oxygen atoms in total. The number of fused-ring (bicyclic) bond motifs is 1. The third-order valence-corrected chi connectivity index (χ3v) is 4.63. The third-order valence-electron chi connectivity index (χ3n) is 4.63. The summed E-state index contributed by atoms with van der Waals surface area (Å²) in [6.07, 6.45) is 2.08. The molecule has 2 fully saturated rings. The maximum atomic E-state index is 12.2. The van der Waals surface area contributed by atoms with Crippen molar-refractivity contribution in [2.75, 3.05) is 44.8 Å². The minimum absolute atomic E-state index is 0.0594. The van der Waals surface area contributed by atoms with Gasteiger partial charge in [-0.1, -0.05) is 0 Å². The van der Waals surface area contributed by atoms with Crippen LogP contribution in [0.15, 0.2) is 18.2 Å². The first-order chi connectivity index (χ1) is 11.7. The standard InChI is InChI=1S/C17H21N3O4/c21-16(18-13-3-4-14-15(9-13)24-11-23-14)10-19-5-7-20(8-6-19)17(22)12-1-2-12/h3-4,9,12H,1-2,5-8,10-11H2,(H,18,21). The number of benzene rings is 1.